The minimum Gasteiger partial charge on any atom is -0.370 e. The first-order chi connectivity index (χ1) is 14.9. The second-order valence-corrected chi connectivity index (χ2v) is 8.09. The highest BCUT2D eigenvalue weighted by Crippen LogP contribution is 2.32. The Morgan fingerprint density at radius 2 is 1.81 bits per heavy atom. The molecule has 2 aromatic carbocycles. The molecule has 1 saturated heterocycles. The van der Waals surface area contributed by atoms with E-state index in [-0.39, 0.29) is 12.1 Å². The summed E-state index contributed by atoms with van der Waals surface area (Å²) in [5.74, 6) is -1.46. The van der Waals surface area contributed by atoms with Gasteiger partial charge in [0, 0.05) is 24.5 Å². The van der Waals surface area contributed by atoms with Gasteiger partial charge in [-0.05, 0) is 61.7 Å². The number of amides is 2. The molecule has 2 aromatic rings. The number of nitrogens with one attached hydrogen (secondary N) is 1. The Morgan fingerprint density at radius 3 is 2.48 bits per heavy atom. The highest BCUT2D eigenvalue weighted by Gasteiger charge is 2.35. The maximum absolute atomic E-state index is 13.3. The van der Waals surface area contributed by atoms with Gasteiger partial charge in [0.2, 0.25) is 5.91 Å². The number of nitrogens with two attached hydrogens (primary N) is 1. The molecule has 2 aliphatic rings. The summed E-state index contributed by atoms with van der Waals surface area (Å²) in [6, 6.07) is 10.1. The third-order valence-electron chi connectivity index (χ3n) is 5.50. The van der Waals surface area contributed by atoms with E-state index in [1.807, 2.05) is 6.07 Å². The van der Waals surface area contributed by atoms with Crippen LogP contribution in [0.2, 0.25) is 5.02 Å². The average molecular weight is 444 g/mol. The van der Waals surface area contributed by atoms with Gasteiger partial charge in [0.05, 0.1) is 17.1 Å². The third kappa shape index (κ3) is 4.64. The Kier molecular flexibility index (Phi) is 6.08. The van der Waals surface area contributed by atoms with E-state index in [2.05, 4.69) is 15.3 Å². The summed E-state index contributed by atoms with van der Waals surface area (Å²) >= 11 is 6.18. The van der Waals surface area contributed by atoms with Crippen LogP contribution >= 0.6 is 11.6 Å². The molecule has 2 amide bonds. The molecule has 0 aliphatic carbocycles. The molecule has 0 aromatic heterocycles. The monoisotopic (exact) mass is 443 g/mol. The maximum Gasteiger partial charge on any atom is 0.272 e. The minimum atomic E-state index is -0.827. The van der Waals surface area contributed by atoms with Crippen LogP contribution in [0.5, 0.6) is 0 Å². The Labute approximate surface area is 184 Å². The van der Waals surface area contributed by atoms with Crippen LogP contribution < -0.4 is 21.0 Å². The molecule has 2 heterocycles. The van der Waals surface area contributed by atoms with Gasteiger partial charge in [-0.15, -0.1) is 0 Å². The quantitative estimate of drug-likeness (QED) is 0.739. The van der Waals surface area contributed by atoms with Crippen LogP contribution in [-0.2, 0) is 9.59 Å². The van der Waals surface area contributed by atoms with Crippen molar-refractivity contribution in [2.24, 2.45) is 10.8 Å². The van der Waals surface area contributed by atoms with Crippen LogP contribution in [0, 0.1) is 5.82 Å². The number of halogens is 2. The van der Waals surface area contributed by atoms with E-state index in [0.717, 1.165) is 31.6 Å². The SMILES string of the molecule is NC(=O)C1CC(C(=O)Nc2cc(Cl)ccc2N2CCCCC2)=NN1c1ccc(F)cc1. The number of primary amides is 1. The standard InChI is InChI=1S/C22H23ClFN5O2/c23-14-4-9-19(28-10-2-1-3-11-28)17(12-14)26-22(31)18-13-20(21(25)30)29(27-18)16-7-5-15(24)6-8-16/h4-9,12,20H,1-3,10-11,13H2,(H2,25,30)(H,26,31). The number of hydrogen-bond donors (Lipinski definition) is 2. The Balaban J connectivity index is 1.58. The highest BCUT2D eigenvalue weighted by atomic mass is 35.5. The first kappa shape index (κ1) is 21.1. The minimum absolute atomic E-state index is 0.0537. The van der Waals surface area contributed by atoms with Crippen molar-refractivity contribution in [2.45, 2.75) is 31.7 Å². The van der Waals surface area contributed by atoms with Crippen LogP contribution in [0.15, 0.2) is 47.6 Å². The molecule has 1 atom stereocenters. The summed E-state index contributed by atoms with van der Waals surface area (Å²) in [6.07, 6.45) is 3.43. The molecule has 4 rings (SSSR count). The maximum atomic E-state index is 13.3. The number of carbonyl (C=O) groups excluding carboxylic acids is 2. The molecule has 1 fully saturated rings. The molecule has 31 heavy (non-hydrogen) atoms. The number of benzene rings is 2. The van der Waals surface area contributed by atoms with Crippen LogP contribution in [-0.4, -0.2) is 36.7 Å². The normalized spacial score (nSPS) is 18.6. The number of hydrazone groups is 1. The van der Waals surface area contributed by atoms with Crippen molar-refractivity contribution in [1.82, 2.24) is 0 Å². The molecule has 0 saturated carbocycles. The number of carbonyl (C=O) groups is 2. The topological polar surface area (TPSA) is 91.0 Å². The fraction of sp³-hybridized carbons (Fsp3) is 0.318. The van der Waals surface area contributed by atoms with Crippen molar-refractivity contribution in [3.63, 3.8) is 0 Å². The lowest BCUT2D eigenvalue weighted by Gasteiger charge is -2.30. The van der Waals surface area contributed by atoms with E-state index >= 15 is 0 Å². The fourth-order valence-corrected chi connectivity index (χ4v) is 4.09. The first-order valence-corrected chi connectivity index (χ1v) is 10.6. The Bertz CT molecular complexity index is 1020. The van der Waals surface area contributed by atoms with Crippen LogP contribution in [0.1, 0.15) is 25.7 Å². The Morgan fingerprint density at radius 1 is 1.10 bits per heavy atom. The van der Waals surface area contributed by atoms with E-state index < -0.39 is 23.7 Å². The van der Waals surface area contributed by atoms with Gasteiger partial charge in [0.15, 0.2) is 0 Å². The van der Waals surface area contributed by atoms with Gasteiger partial charge in [0.1, 0.15) is 17.6 Å². The number of rotatable bonds is 5. The number of hydrogen-bond acceptors (Lipinski definition) is 5. The lowest BCUT2D eigenvalue weighted by Crippen LogP contribution is -2.39. The van der Waals surface area contributed by atoms with E-state index in [1.54, 1.807) is 12.1 Å². The first-order valence-electron chi connectivity index (χ1n) is 10.2. The summed E-state index contributed by atoms with van der Waals surface area (Å²) in [7, 11) is 0. The molecular weight excluding hydrogens is 421 g/mol. The second kappa shape index (κ2) is 8.93. The van der Waals surface area contributed by atoms with E-state index in [0.29, 0.717) is 16.4 Å². The Hall–Kier alpha value is -3.13. The van der Waals surface area contributed by atoms with Crippen molar-refractivity contribution >= 4 is 46.2 Å². The smallest absolute Gasteiger partial charge is 0.272 e. The number of piperidine rings is 1. The largest absolute Gasteiger partial charge is 0.370 e. The fourth-order valence-electron chi connectivity index (χ4n) is 3.91. The van der Waals surface area contributed by atoms with Crippen molar-refractivity contribution in [3.8, 4) is 0 Å². The molecule has 0 spiro atoms. The molecule has 0 bridgehead atoms. The third-order valence-corrected chi connectivity index (χ3v) is 5.73. The molecular formula is C22H23ClFN5O2. The van der Waals surface area contributed by atoms with Gasteiger partial charge in [-0.1, -0.05) is 11.6 Å². The molecule has 162 valence electrons. The summed E-state index contributed by atoms with van der Waals surface area (Å²) in [4.78, 5) is 27.2. The molecule has 0 radical (unpaired) electrons. The van der Waals surface area contributed by atoms with Gasteiger partial charge in [-0.3, -0.25) is 14.6 Å². The van der Waals surface area contributed by atoms with Crippen LogP contribution in [0.3, 0.4) is 0 Å². The van der Waals surface area contributed by atoms with Crippen molar-refractivity contribution < 1.29 is 14.0 Å². The van der Waals surface area contributed by atoms with Crippen molar-refractivity contribution in [1.29, 1.82) is 0 Å². The zero-order valence-electron chi connectivity index (χ0n) is 16.9. The summed E-state index contributed by atoms with van der Waals surface area (Å²) in [5, 5.41) is 9.08. The van der Waals surface area contributed by atoms with Crippen LogP contribution in [0.25, 0.3) is 0 Å². The highest BCUT2D eigenvalue weighted by molar-refractivity contribution is 6.44. The van der Waals surface area contributed by atoms with Gasteiger partial charge in [0.25, 0.3) is 5.91 Å². The predicted molar refractivity (Wildman–Crippen MR) is 120 cm³/mol. The number of nitrogens with zero attached hydrogens (tertiary/aromatic N) is 3. The van der Waals surface area contributed by atoms with E-state index in [9.17, 15) is 14.0 Å². The lowest BCUT2D eigenvalue weighted by molar-refractivity contribution is -0.119. The predicted octanol–water partition coefficient (Wildman–Crippen LogP) is 3.53. The van der Waals surface area contributed by atoms with E-state index in [4.69, 9.17) is 17.3 Å². The van der Waals surface area contributed by atoms with Gasteiger partial charge < -0.3 is 16.0 Å². The molecule has 2 aliphatic heterocycles. The summed E-state index contributed by atoms with van der Waals surface area (Å²) in [5.41, 5.74) is 7.67. The summed E-state index contributed by atoms with van der Waals surface area (Å²) in [6.45, 7) is 1.82. The summed E-state index contributed by atoms with van der Waals surface area (Å²) < 4.78 is 13.3. The average Bonchev–Trinajstić information content (AvgIpc) is 3.21. The zero-order chi connectivity index (χ0) is 22.0. The molecule has 1 unspecified atom stereocenters. The van der Waals surface area contributed by atoms with Crippen LogP contribution in [0.4, 0.5) is 21.5 Å². The molecule has 3 N–H and O–H groups in total. The van der Waals surface area contributed by atoms with Crippen molar-refractivity contribution in [3.05, 3.63) is 53.3 Å². The lowest BCUT2D eigenvalue weighted by atomic mass is 10.1. The van der Waals surface area contributed by atoms with Gasteiger partial charge >= 0.3 is 0 Å². The van der Waals surface area contributed by atoms with Gasteiger partial charge in [-0.2, -0.15) is 5.10 Å². The van der Waals surface area contributed by atoms with E-state index in [1.165, 1.54) is 35.7 Å². The molecule has 7 nitrogen and oxygen atoms in total. The zero-order valence-corrected chi connectivity index (χ0v) is 17.6. The second-order valence-electron chi connectivity index (χ2n) is 7.65. The molecule has 9 heteroatoms. The van der Waals surface area contributed by atoms with Crippen molar-refractivity contribution in [2.75, 3.05) is 28.3 Å². The van der Waals surface area contributed by atoms with Gasteiger partial charge in [-0.25, -0.2) is 4.39 Å². The number of anilines is 3.